The van der Waals surface area contributed by atoms with Crippen LogP contribution in [0.1, 0.15) is 36.8 Å². The van der Waals surface area contributed by atoms with Gasteiger partial charge in [0, 0.05) is 16.7 Å². The molecule has 0 atom stereocenters. The first-order valence-electron chi connectivity index (χ1n) is 6.02. The summed E-state index contributed by atoms with van der Waals surface area (Å²) in [5.41, 5.74) is 7.21. The van der Waals surface area contributed by atoms with Gasteiger partial charge in [-0.3, -0.25) is 0 Å². The molecule has 1 saturated carbocycles. The maximum absolute atomic E-state index is 14.1. The normalized spacial score (nSPS) is 22.0. The number of fused-ring (bicyclic) bond motifs is 1. The fourth-order valence-corrected chi connectivity index (χ4v) is 2.92. The van der Waals surface area contributed by atoms with Crippen LogP contribution >= 0.6 is 0 Å². The van der Waals surface area contributed by atoms with Crippen molar-refractivity contribution in [3.05, 3.63) is 29.1 Å². The predicted molar refractivity (Wildman–Crippen MR) is 61.0 cm³/mol. The molecule has 0 saturated heterocycles. The molecule has 2 N–H and O–H groups in total. The smallest absolute Gasteiger partial charge is 0.189 e. The summed E-state index contributed by atoms with van der Waals surface area (Å²) in [5, 5.41) is 0. The van der Waals surface area contributed by atoms with Crippen LogP contribution < -0.4 is 10.5 Å². The van der Waals surface area contributed by atoms with Crippen LogP contribution in [0, 0.1) is 5.82 Å². The Kier molecular flexibility index (Phi) is 2.56. The van der Waals surface area contributed by atoms with Crippen molar-refractivity contribution in [3.8, 4) is 5.75 Å². The summed E-state index contributed by atoms with van der Waals surface area (Å²) in [6.45, 7) is 0.622. The van der Waals surface area contributed by atoms with Gasteiger partial charge in [-0.1, -0.05) is 12.8 Å². The highest BCUT2D eigenvalue weighted by Crippen LogP contribution is 2.42. The summed E-state index contributed by atoms with van der Waals surface area (Å²) in [7, 11) is 0. The van der Waals surface area contributed by atoms with E-state index in [1.54, 1.807) is 6.07 Å². The van der Waals surface area contributed by atoms with Crippen LogP contribution in [0.25, 0.3) is 0 Å². The molecule has 0 bridgehead atoms. The second-order valence-electron chi connectivity index (χ2n) is 4.87. The number of ether oxygens (including phenoxy) is 2. The maximum atomic E-state index is 14.1. The molecule has 1 fully saturated rings. The molecule has 17 heavy (non-hydrogen) atoms. The van der Waals surface area contributed by atoms with E-state index in [9.17, 15) is 4.39 Å². The van der Waals surface area contributed by atoms with Gasteiger partial charge in [0.1, 0.15) is 11.6 Å². The van der Waals surface area contributed by atoms with Crippen LogP contribution in [-0.2, 0) is 16.9 Å². The quantitative estimate of drug-likeness (QED) is 0.815. The Morgan fingerprint density at radius 1 is 1.24 bits per heavy atom. The van der Waals surface area contributed by atoms with Gasteiger partial charge in [0.15, 0.2) is 6.79 Å². The van der Waals surface area contributed by atoms with E-state index < -0.39 is 5.54 Å². The second kappa shape index (κ2) is 3.96. The van der Waals surface area contributed by atoms with Crippen molar-refractivity contribution in [2.45, 2.75) is 37.8 Å². The molecule has 4 heteroatoms. The predicted octanol–water partition coefficient (Wildman–Crippen LogP) is 2.42. The Bertz CT molecular complexity index is 441. The molecule has 1 aliphatic heterocycles. The molecule has 0 unspecified atom stereocenters. The van der Waals surface area contributed by atoms with Crippen molar-refractivity contribution in [1.82, 2.24) is 0 Å². The minimum absolute atomic E-state index is 0.232. The summed E-state index contributed by atoms with van der Waals surface area (Å²) >= 11 is 0. The highest BCUT2D eigenvalue weighted by Gasteiger charge is 2.37. The number of rotatable bonds is 1. The van der Waals surface area contributed by atoms with E-state index in [0.717, 1.165) is 31.2 Å². The van der Waals surface area contributed by atoms with Crippen LogP contribution in [0.2, 0.25) is 0 Å². The van der Waals surface area contributed by atoms with Gasteiger partial charge in [0.05, 0.1) is 6.61 Å². The number of nitrogens with two attached hydrogens (primary N) is 1. The van der Waals surface area contributed by atoms with Gasteiger partial charge in [0.25, 0.3) is 0 Å². The summed E-state index contributed by atoms with van der Waals surface area (Å²) < 4.78 is 24.7. The van der Waals surface area contributed by atoms with Gasteiger partial charge in [-0.25, -0.2) is 4.39 Å². The fourth-order valence-electron chi connectivity index (χ4n) is 2.92. The third kappa shape index (κ3) is 1.72. The standard InChI is InChI=1S/C13H16FNO2/c14-10-3-4-11-9(7-16-8-17-11)12(10)13(15)5-1-2-6-13/h3-4H,1-2,5-8,15H2. The lowest BCUT2D eigenvalue weighted by atomic mass is 9.85. The summed E-state index contributed by atoms with van der Waals surface area (Å²) in [4.78, 5) is 0. The van der Waals surface area contributed by atoms with Gasteiger partial charge in [0.2, 0.25) is 0 Å². The third-order valence-corrected chi connectivity index (χ3v) is 3.76. The first kappa shape index (κ1) is 11.0. The molecule has 1 aromatic rings. The van der Waals surface area contributed by atoms with Crippen LogP contribution in [0.4, 0.5) is 4.39 Å². The lowest BCUT2D eigenvalue weighted by Gasteiger charge is -2.30. The molecule has 3 rings (SSSR count). The molecule has 92 valence electrons. The molecular formula is C13H16FNO2. The molecule has 3 nitrogen and oxygen atoms in total. The van der Waals surface area contributed by atoms with Crippen LogP contribution in [0.15, 0.2) is 12.1 Å². The van der Waals surface area contributed by atoms with Crippen LogP contribution in [0.3, 0.4) is 0 Å². The molecule has 0 spiro atoms. The van der Waals surface area contributed by atoms with E-state index in [1.165, 1.54) is 6.07 Å². The zero-order valence-electron chi connectivity index (χ0n) is 9.67. The summed E-state index contributed by atoms with van der Waals surface area (Å²) in [5.74, 6) is 0.478. The monoisotopic (exact) mass is 237 g/mol. The zero-order valence-corrected chi connectivity index (χ0v) is 9.67. The van der Waals surface area contributed by atoms with Crippen LogP contribution in [-0.4, -0.2) is 6.79 Å². The first-order chi connectivity index (χ1) is 8.21. The van der Waals surface area contributed by atoms with Crippen molar-refractivity contribution >= 4 is 0 Å². The van der Waals surface area contributed by atoms with E-state index >= 15 is 0 Å². The van der Waals surface area contributed by atoms with Crippen molar-refractivity contribution in [2.24, 2.45) is 5.73 Å². The Morgan fingerprint density at radius 3 is 2.76 bits per heavy atom. The largest absolute Gasteiger partial charge is 0.467 e. The fraction of sp³-hybridized carbons (Fsp3) is 0.538. The van der Waals surface area contributed by atoms with Gasteiger partial charge in [-0.2, -0.15) is 0 Å². The van der Waals surface area contributed by atoms with Crippen molar-refractivity contribution in [3.63, 3.8) is 0 Å². The number of hydrogen-bond donors (Lipinski definition) is 1. The van der Waals surface area contributed by atoms with Crippen molar-refractivity contribution in [1.29, 1.82) is 0 Å². The highest BCUT2D eigenvalue weighted by molar-refractivity contribution is 5.45. The van der Waals surface area contributed by atoms with Crippen molar-refractivity contribution in [2.75, 3.05) is 6.79 Å². The average molecular weight is 237 g/mol. The summed E-state index contributed by atoms with van der Waals surface area (Å²) in [6, 6.07) is 3.11. The van der Waals surface area contributed by atoms with E-state index in [2.05, 4.69) is 0 Å². The highest BCUT2D eigenvalue weighted by atomic mass is 19.1. The first-order valence-corrected chi connectivity index (χ1v) is 6.02. The molecule has 0 radical (unpaired) electrons. The topological polar surface area (TPSA) is 44.5 Å². The average Bonchev–Trinajstić information content (AvgIpc) is 2.76. The number of halogens is 1. The third-order valence-electron chi connectivity index (χ3n) is 3.76. The lowest BCUT2D eigenvalue weighted by Crippen LogP contribution is -2.36. The van der Waals surface area contributed by atoms with Crippen LogP contribution in [0.5, 0.6) is 5.75 Å². The van der Waals surface area contributed by atoms with Gasteiger partial charge >= 0.3 is 0 Å². The second-order valence-corrected chi connectivity index (χ2v) is 4.87. The van der Waals surface area contributed by atoms with E-state index in [0.29, 0.717) is 17.9 Å². The Hall–Kier alpha value is -1.13. The molecule has 1 aliphatic carbocycles. The number of hydrogen-bond acceptors (Lipinski definition) is 3. The van der Waals surface area contributed by atoms with E-state index in [4.69, 9.17) is 15.2 Å². The Labute approximate surface area is 99.7 Å². The lowest BCUT2D eigenvalue weighted by molar-refractivity contribution is -0.0177. The molecule has 1 aromatic carbocycles. The molecule has 0 aromatic heterocycles. The molecule has 2 aliphatic rings. The number of benzene rings is 1. The minimum Gasteiger partial charge on any atom is -0.467 e. The molecule has 0 amide bonds. The molecule has 1 heterocycles. The van der Waals surface area contributed by atoms with E-state index in [-0.39, 0.29) is 12.6 Å². The van der Waals surface area contributed by atoms with E-state index in [1.807, 2.05) is 0 Å². The SMILES string of the molecule is NC1(c2c(F)ccc3c2COCO3)CCCC1. The Balaban J connectivity index is 2.14. The van der Waals surface area contributed by atoms with Crippen molar-refractivity contribution < 1.29 is 13.9 Å². The van der Waals surface area contributed by atoms with Gasteiger partial charge in [-0.15, -0.1) is 0 Å². The maximum Gasteiger partial charge on any atom is 0.189 e. The van der Waals surface area contributed by atoms with Gasteiger partial charge < -0.3 is 15.2 Å². The summed E-state index contributed by atoms with van der Waals surface area (Å²) in [6.07, 6.45) is 3.78. The Morgan fingerprint density at radius 2 is 2.00 bits per heavy atom. The zero-order chi connectivity index (χ0) is 11.9. The molecular weight excluding hydrogens is 221 g/mol. The van der Waals surface area contributed by atoms with Gasteiger partial charge in [-0.05, 0) is 25.0 Å². The minimum atomic E-state index is -0.542.